The van der Waals surface area contributed by atoms with Crippen molar-refractivity contribution in [1.29, 1.82) is 0 Å². The molecule has 0 aliphatic carbocycles. The molecule has 0 saturated heterocycles. The standard InChI is InChI=1S/C25H38O7P2/c1-5-29-33(27,30-6-2)19-23(21-15-11-9-12-16-21)25(26)24(22-17-13-10-14-18-22)20-34(28,31-7-3)32-8-4/h9-18,23-26H,5-8,19-20H2,1-4H3. The first-order valence-corrected chi connectivity index (χ1v) is 15.3. The predicted octanol–water partition coefficient (Wildman–Crippen LogP) is 6.45. The molecule has 0 bridgehead atoms. The van der Waals surface area contributed by atoms with Crippen LogP contribution in [-0.4, -0.2) is 50.0 Å². The smallest absolute Gasteiger partial charge is 0.331 e. The van der Waals surface area contributed by atoms with Gasteiger partial charge in [-0.25, -0.2) is 0 Å². The number of benzene rings is 2. The molecule has 0 spiro atoms. The van der Waals surface area contributed by atoms with E-state index < -0.39 is 33.1 Å². The lowest BCUT2D eigenvalue weighted by Gasteiger charge is -2.33. The van der Waals surface area contributed by atoms with Gasteiger partial charge in [-0.1, -0.05) is 60.7 Å². The van der Waals surface area contributed by atoms with Crippen LogP contribution in [0.2, 0.25) is 0 Å². The van der Waals surface area contributed by atoms with Crippen LogP contribution in [-0.2, 0) is 27.2 Å². The molecule has 1 N–H and O–H groups in total. The fourth-order valence-electron chi connectivity index (χ4n) is 4.06. The summed E-state index contributed by atoms with van der Waals surface area (Å²) < 4.78 is 49.2. The SMILES string of the molecule is CCOP(=O)(CC(c1ccccc1)C(O)C(CP(=O)(OCC)OCC)c1ccccc1)OCC. The fourth-order valence-corrected chi connectivity index (χ4v) is 8.02. The Bertz CT molecular complexity index is 828. The van der Waals surface area contributed by atoms with Gasteiger partial charge in [0.15, 0.2) is 0 Å². The highest BCUT2D eigenvalue weighted by molar-refractivity contribution is 7.54. The highest BCUT2D eigenvalue weighted by Crippen LogP contribution is 2.56. The van der Waals surface area contributed by atoms with Gasteiger partial charge in [0.05, 0.1) is 44.9 Å². The molecule has 0 saturated carbocycles. The number of aliphatic hydroxyl groups is 1. The van der Waals surface area contributed by atoms with Crippen molar-refractivity contribution in [2.75, 3.05) is 38.8 Å². The molecule has 0 fully saturated rings. The Balaban J connectivity index is 2.54. The van der Waals surface area contributed by atoms with Crippen molar-refractivity contribution < 1.29 is 32.3 Å². The first kappa shape index (κ1) is 28.9. The summed E-state index contributed by atoms with van der Waals surface area (Å²) in [6, 6.07) is 18.7. The molecule has 0 aliphatic rings. The highest BCUT2D eigenvalue weighted by atomic mass is 31.2. The highest BCUT2D eigenvalue weighted by Gasteiger charge is 2.40. The quantitative estimate of drug-likeness (QED) is 0.259. The lowest BCUT2D eigenvalue weighted by atomic mass is 9.84. The minimum absolute atomic E-state index is 0.0171. The first-order chi connectivity index (χ1) is 16.3. The average Bonchev–Trinajstić information content (AvgIpc) is 2.82. The Morgan fingerprint density at radius 1 is 0.618 bits per heavy atom. The topological polar surface area (TPSA) is 91.3 Å². The third kappa shape index (κ3) is 8.42. The number of aliphatic hydroxyl groups excluding tert-OH is 1. The molecule has 2 rings (SSSR count). The van der Waals surface area contributed by atoms with Gasteiger partial charge in [-0.2, -0.15) is 0 Å². The molecule has 0 amide bonds. The Morgan fingerprint density at radius 2 is 0.912 bits per heavy atom. The third-order valence-corrected chi connectivity index (χ3v) is 9.71. The van der Waals surface area contributed by atoms with Crippen molar-refractivity contribution in [2.24, 2.45) is 0 Å². The van der Waals surface area contributed by atoms with Crippen molar-refractivity contribution in [1.82, 2.24) is 0 Å². The third-order valence-electron chi connectivity index (χ3n) is 5.42. The summed E-state index contributed by atoms with van der Waals surface area (Å²) in [5.41, 5.74) is 1.58. The maximum atomic E-state index is 13.5. The van der Waals surface area contributed by atoms with E-state index in [0.717, 1.165) is 11.1 Å². The molecule has 0 aromatic heterocycles. The molecular formula is C25H38O7P2. The van der Waals surface area contributed by atoms with E-state index in [1.807, 2.05) is 60.7 Å². The largest absolute Gasteiger partial charge is 0.392 e. The summed E-state index contributed by atoms with van der Waals surface area (Å²) in [5, 5.41) is 11.8. The van der Waals surface area contributed by atoms with E-state index in [4.69, 9.17) is 18.1 Å². The van der Waals surface area contributed by atoms with Crippen LogP contribution in [0, 0.1) is 0 Å². The first-order valence-electron chi connectivity index (χ1n) is 11.9. The molecule has 7 nitrogen and oxygen atoms in total. The lowest BCUT2D eigenvalue weighted by molar-refractivity contribution is 0.116. The molecule has 2 aromatic rings. The van der Waals surface area contributed by atoms with Gasteiger partial charge < -0.3 is 23.2 Å². The van der Waals surface area contributed by atoms with Crippen molar-refractivity contribution in [3.05, 3.63) is 71.8 Å². The van der Waals surface area contributed by atoms with E-state index in [0.29, 0.717) is 0 Å². The van der Waals surface area contributed by atoms with Crippen LogP contribution >= 0.6 is 15.2 Å². The maximum Gasteiger partial charge on any atom is 0.331 e. The Hall–Kier alpha value is -1.30. The molecule has 2 atom stereocenters. The summed E-state index contributed by atoms with van der Waals surface area (Å²) in [5.74, 6) is -1.21. The van der Waals surface area contributed by atoms with E-state index in [1.54, 1.807) is 27.7 Å². The van der Waals surface area contributed by atoms with E-state index >= 15 is 0 Å². The van der Waals surface area contributed by atoms with Crippen LogP contribution in [0.25, 0.3) is 0 Å². The van der Waals surface area contributed by atoms with Gasteiger partial charge in [-0.05, 0) is 38.8 Å². The zero-order valence-corrected chi connectivity index (χ0v) is 22.3. The van der Waals surface area contributed by atoms with E-state index in [2.05, 4.69) is 0 Å². The summed E-state index contributed by atoms with van der Waals surface area (Å²) in [4.78, 5) is 0. The van der Waals surface area contributed by atoms with Crippen molar-refractivity contribution >= 4 is 15.2 Å². The summed E-state index contributed by atoms with van der Waals surface area (Å²) >= 11 is 0. The van der Waals surface area contributed by atoms with Gasteiger partial charge >= 0.3 is 15.2 Å². The minimum Gasteiger partial charge on any atom is -0.392 e. The lowest BCUT2D eigenvalue weighted by Crippen LogP contribution is -2.31. The summed E-state index contributed by atoms with van der Waals surface area (Å²) in [6.45, 7) is 7.92. The van der Waals surface area contributed by atoms with Gasteiger partial charge in [-0.3, -0.25) is 9.13 Å². The monoisotopic (exact) mass is 512 g/mol. The molecule has 190 valence electrons. The molecule has 0 aliphatic heterocycles. The van der Waals surface area contributed by atoms with Crippen molar-refractivity contribution in [3.8, 4) is 0 Å². The van der Waals surface area contributed by atoms with Crippen LogP contribution in [0.5, 0.6) is 0 Å². The predicted molar refractivity (Wildman–Crippen MR) is 136 cm³/mol. The second-order valence-electron chi connectivity index (χ2n) is 7.78. The normalized spacial score (nSPS) is 15.1. The van der Waals surface area contributed by atoms with Gasteiger partial charge in [0.25, 0.3) is 0 Å². The number of hydrogen-bond donors (Lipinski definition) is 1. The molecule has 2 aromatic carbocycles. The number of hydrogen-bond acceptors (Lipinski definition) is 7. The molecule has 2 unspecified atom stereocenters. The van der Waals surface area contributed by atoms with Gasteiger partial charge in [0.2, 0.25) is 0 Å². The van der Waals surface area contributed by atoms with Gasteiger partial charge in [0.1, 0.15) is 0 Å². The Morgan fingerprint density at radius 3 is 1.18 bits per heavy atom. The summed E-state index contributed by atoms with van der Waals surface area (Å²) in [7, 11) is -6.99. The van der Waals surface area contributed by atoms with Crippen LogP contribution in [0.4, 0.5) is 0 Å². The molecule has 34 heavy (non-hydrogen) atoms. The zero-order chi connectivity index (χ0) is 25.0. The van der Waals surface area contributed by atoms with Crippen LogP contribution < -0.4 is 0 Å². The second kappa shape index (κ2) is 14.3. The van der Waals surface area contributed by atoms with E-state index in [9.17, 15) is 14.2 Å². The van der Waals surface area contributed by atoms with E-state index in [1.165, 1.54) is 0 Å². The molecular weight excluding hydrogens is 474 g/mol. The molecule has 0 radical (unpaired) electrons. The fraction of sp³-hybridized carbons (Fsp3) is 0.520. The van der Waals surface area contributed by atoms with Crippen LogP contribution in [0.1, 0.15) is 50.7 Å². The summed E-state index contributed by atoms with van der Waals surface area (Å²) in [6.07, 6.45) is -1.10. The second-order valence-corrected chi connectivity index (χ2v) is 12.0. The number of rotatable bonds is 16. The van der Waals surface area contributed by atoms with Gasteiger partial charge in [-0.15, -0.1) is 0 Å². The van der Waals surface area contributed by atoms with E-state index in [-0.39, 0.29) is 38.8 Å². The van der Waals surface area contributed by atoms with Crippen LogP contribution in [0.15, 0.2) is 60.7 Å². The molecule has 9 heteroatoms. The zero-order valence-electron chi connectivity index (χ0n) is 20.5. The average molecular weight is 513 g/mol. The Kier molecular flexibility index (Phi) is 12.2. The van der Waals surface area contributed by atoms with Gasteiger partial charge in [0, 0.05) is 11.8 Å². The van der Waals surface area contributed by atoms with Crippen molar-refractivity contribution in [3.63, 3.8) is 0 Å². The Labute approximate surface area is 203 Å². The molecule has 0 heterocycles. The maximum absolute atomic E-state index is 13.5. The minimum atomic E-state index is -3.49. The van der Waals surface area contributed by atoms with Crippen molar-refractivity contribution in [2.45, 2.75) is 45.6 Å². The van der Waals surface area contributed by atoms with Crippen LogP contribution in [0.3, 0.4) is 0 Å².